The van der Waals surface area contributed by atoms with Gasteiger partial charge in [0.25, 0.3) is 0 Å². The van der Waals surface area contributed by atoms with Crippen LogP contribution in [0.2, 0.25) is 0 Å². The number of nitrogens with one attached hydrogen (secondary N) is 2. The van der Waals surface area contributed by atoms with Crippen LogP contribution in [0.3, 0.4) is 0 Å². The lowest BCUT2D eigenvalue weighted by Crippen LogP contribution is -2.31. The first-order valence-electron chi connectivity index (χ1n) is 7.15. The highest BCUT2D eigenvalue weighted by molar-refractivity contribution is 5.25. The van der Waals surface area contributed by atoms with Crippen molar-refractivity contribution in [2.75, 3.05) is 20.6 Å². The summed E-state index contributed by atoms with van der Waals surface area (Å²) >= 11 is 0. The predicted octanol–water partition coefficient (Wildman–Crippen LogP) is 2.36. The quantitative estimate of drug-likeness (QED) is 0.813. The fraction of sp³-hybridized carbons (Fsp3) is 0.438. The fourth-order valence-corrected chi connectivity index (χ4v) is 2.30. The van der Waals surface area contributed by atoms with Gasteiger partial charge in [0.1, 0.15) is 5.82 Å². The van der Waals surface area contributed by atoms with Crippen molar-refractivity contribution in [3.05, 3.63) is 53.6 Å². The molecular formula is C16H24N4. The SMILES string of the molecule is CCc1ccc(C(CNCc2ncc[nH]2)N(C)C)cc1. The summed E-state index contributed by atoms with van der Waals surface area (Å²) in [5, 5.41) is 3.46. The molecular weight excluding hydrogens is 248 g/mol. The topological polar surface area (TPSA) is 44.0 Å². The van der Waals surface area contributed by atoms with Crippen LogP contribution in [0.15, 0.2) is 36.7 Å². The zero-order valence-electron chi connectivity index (χ0n) is 12.6. The van der Waals surface area contributed by atoms with Gasteiger partial charge in [-0.3, -0.25) is 0 Å². The van der Waals surface area contributed by atoms with Crippen LogP contribution < -0.4 is 5.32 Å². The number of rotatable bonds is 7. The summed E-state index contributed by atoms with van der Waals surface area (Å²) in [6.07, 6.45) is 4.72. The molecule has 4 heteroatoms. The number of aromatic amines is 1. The lowest BCUT2D eigenvalue weighted by Gasteiger charge is -2.25. The van der Waals surface area contributed by atoms with Crippen LogP contribution in [0, 0.1) is 0 Å². The van der Waals surface area contributed by atoms with Crippen LogP contribution in [-0.4, -0.2) is 35.5 Å². The standard InChI is InChI=1S/C16H24N4/c1-4-13-5-7-14(8-6-13)15(20(2)3)11-17-12-16-18-9-10-19-16/h5-10,15,17H,4,11-12H2,1-3H3,(H,18,19). The van der Waals surface area contributed by atoms with Crippen LogP contribution in [0.4, 0.5) is 0 Å². The van der Waals surface area contributed by atoms with E-state index in [1.54, 1.807) is 6.20 Å². The van der Waals surface area contributed by atoms with E-state index in [-0.39, 0.29) is 0 Å². The van der Waals surface area contributed by atoms with Gasteiger partial charge in [0.05, 0.1) is 6.54 Å². The summed E-state index contributed by atoms with van der Waals surface area (Å²) in [7, 11) is 4.24. The Morgan fingerprint density at radius 1 is 1.25 bits per heavy atom. The molecule has 2 rings (SSSR count). The van der Waals surface area contributed by atoms with Crippen molar-refractivity contribution < 1.29 is 0 Å². The van der Waals surface area contributed by atoms with E-state index >= 15 is 0 Å². The Morgan fingerprint density at radius 2 is 2.00 bits per heavy atom. The molecule has 0 aliphatic heterocycles. The van der Waals surface area contributed by atoms with E-state index in [1.807, 2.05) is 6.20 Å². The van der Waals surface area contributed by atoms with Crippen LogP contribution >= 0.6 is 0 Å². The molecule has 1 atom stereocenters. The Hall–Kier alpha value is -1.65. The molecule has 20 heavy (non-hydrogen) atoms. The molecule has 0 saturated carbocycles. The predicted molar refractivity (Wildman–Crippen MR) is 82.5 cm³/mol. The molecule has 2 N–H and O–H groups in total. The summed E-state index contributed by atoms with van der Waals surface area (Å²) in [6.45, 7) is 3.85. The summed E-state index contributed by atoms with van der Waals surface area (Å²) in [5.74, 6) is 0.976. The molecule has 0 aliphatic carbocycles. The van der Waals surface area contributed by atoms with Gasteiger partial charge in [0.2, 0.25) is 0 Å². The van der Waals surface area contributed by atoms with E-state index in [4.69, 9.17) is 0 Å². The monoisotopic (exact) mass is 272 g/mol. The van der Waals surface area contributed by atoms with E-state index in [2.05, 4.69) is 65.5 Å². The summed E-state index contributed by atoms with van der Waals surface area (Å²) in [4.78, 5) is 9.58. The maximum atomic E-state index is 4.22. The van der Waals surface area contributed by atoms with E-state index in [0.29, 0.717) is 6.04 Å². The van der Waals surface area contributed by atoms with Gasteiger partial charge < -0.3 is 15.2 Å². The number of aryl methyl sites for hydroxylation is 1. The molecule has 0 aliphatic rings. The summed E-state index contributed by atoms with van der Waals surface area (Å²) in [6, 6.07) is 9.28. The molecule has 1 aromatic heterocycles. The lowest BCUT2D eigenvalue weighted by atomic mass is 10.0. The third-order valence-corrected chi connectivity index (χ3v) is 3.58. The largest absolute Gasteiger partial charge is 0.348 e. The number of hydrogen-bond donors (Lipinski definition) is 2. The van der Waals surface area contributed by atoms with Gasteiger partial charge >= 0.3 is 0 Å². The molecule has 0 fully saturated rings. The molecule has 0 radical (unpaired) electrons. The number of imidazole rings is 1. The van der Waals surface area contributed by atoms with Crippen molar-refractivity contribution in [3.63, 3.8) is 0 Å². The fourth-order valence-electron chi connectivity index (χ4n) is 2.30. The highest BCUT2D eigenvalue weighted by Gasteiger charge is 2.13. The molecule has 0 amide bonds. The molecule has 108 valence electrons. The van der Waals surface area contributed by atoms with Gasteiger partial charge in [0.15, 0.2) is 0 Å². The minimum Gasteiger partial charge on any atom is -0.348 e. The van der Waals surface area contributed by atoms with Gasteiger partial charge in [-0.2, -0.15) is 0 Å². The van der Waals surface area contributed by atoms with E-state index in [0.717, 1.165) is 25.3 Å². The van der Waals surface area contributed by atoms with Gasteiger partial charge in [-0.05, 0) is 31.6 Å². The molecule has 0 spiro atoms. The Morgan fingerprint density at radius 3 is 2.55 bits per heavy atom. The molecule has 0 bridgehead atoms. The van der Waals surface area contributed by atoms with Gasteiger partial charge in [-0.25, -0.2) is 4.98 Å². The van der Waals surface area contributed by atoms with Crippen molar-refractivity contribution in [2.45, 2.75) is 25.9 Å². The molecule has 1 heterocycles. The molecule has 1 unspecified atom stereocenters. The zero-order valence-corrected chi connectivity index (χ0v) is 12.6. The second-order valence-electron chi connectivity index (χ2n) is 5.24. The number of hydrogen-bond acceptors (Lipinski definition) is 3. The highest BCUT2D eigenvalue weighted by atomic mass is 15.1. The van der Waals surface area contributed by atoms with Crippen molar-refractivity contribution in [3.8, 4) is 0 Å². The molecule has 4 nitrogen and oxygen atoms in total. The van der Waals surface area contributed by atoms with Gasteiger partial charge in [-0.15, -0.1) is 0 Å². The first kappa shape index (κ1) is 14.8. The highest BCUT2D eigenvalue weighted by Crippen LogP contribution is 2.18. The molecule has 0 saturated heterocycles. The van der Waals surface area contributed by atoms with Crippen LogP contribution in [0.25, 0.3) is 0 Å². The first-order valence-corrected chi connectivity index (χ1v) is 7.15. The van der Waals surface area contributed by atoms with Crippen LogP contribution in [0.1, 0.15) is 29.9 Å². The summed E-state index contributed by atoms with van der Waals surface area (Å²) in [5.41, 5.74) is 2.73. The zero-order chi connectivity index (χ0) is 14.4. The van der Waals surface area contributed by atoms with Crippen LogP contribution in [-0.2, 0) is 13.0 Å². The van der Waals surface area contributed by atoms with Gasteiger partial charge in [0, 0.05) is 25.0 Å². The van der Waals surface area contributed by atoms with Crippen molar-refractivity contribution in [2.24, 2.45) is 0 Å². The van der Waals surface area contributed by atoms with E-state index in [9.17, 15) is 0 Å². The number of likely N-dealkylation sites (N-methyl/N-ethyl adjacent to an activating group) is 1. The number of H-pyrrole nitrogens is 1. The van der Waals surface area contributed by atoms with Crippen molar-refractivity contribution in [1.29, 1.82) is 0 Å². The lowest BCUT2D eigenvalue weighted by molar-refractivity contribution is 0.287. The Balaban J connectivity index is 1.95. The Bertz CT molecular complexity index is 488. The second kappa shape index (κ2) is 7.22. The minimum atomic E-state index is 0.371. The number of benzene rings is 1. The Kier molecular flexibility index (Phi) is 5.32. The van der Waals surface area contributed by atoms with Gasteiger partial charge in [-0.1, -0.05) is 31.2 Å². The third kappa shape index (κ3) is 3.92. The smallest absolute Gasteiger partial charge is 0.120 e. The normalized spacial score (nSPS) is 12.8. The number of aromatic nitrogens is 2. The minimum absolute atomic E-state index is 0.371. The first-order chi connectivity index (χ1) is 9.70. The second-order valence-corrected chi connectivity index (χ2v) is 5.24. The van der Waals surface area contributed by atoms with Crippen molar-refractivity contribution >= 4 is 0 Å². The molecule has 1 aromatic carbocycles. The average molecular weight is 272 g/mol. The maximum Gasteiger partial charge on any atom is 0.120 e. The average Bonchev–Trinajstić information content (AvgIpc) is 2.97. The Labute approximate surface area is 121 Å². The maximum absolute atomic E-state index is 4.22. The third-order valence-electron chi connectivity index (χ3n) is 3.58. The van der Waals surface area contributed by atoms with E-state index in [1.165, 1.54) is 11.1 Å². The van der Waals surface area contributed by atoms with Crippen molar-refractivity contribution in [1.82, 2.24) is 20.2 Å². The molecule has 2 aromatic rings. The van der Waals surface area contributed by atoms with Crippen LogP contribution in [0.5, 0.6) is 0 Å². The number of nitrogens with zero attached hydrogens (tertiary/aromatic N) is 2. The summed E-state index contributed by atoms with van der Waals surface area (Å²) < 4.78 is 0. The van der Waals surface area contributed by atoms with E-state index < -0.39 is 0 Å².